The molecular formula is C17H23ClN2O. The minimum absolute atomic E-state index is 0.133. The average Bonchev–Trinajstić information content (AvgIpc) is 2.48. The van der Waals surface area contributed by atoms with Crippen LogP contribution in [0.3, 0.4) is 0 Å². The van der Waals surface area contributed by atoms with Crippen molar-refractivity contribution in [2.45, 2.75) is 38.3 Å². The van der Waals surface area contributed by atoms with Crippen LogP contribution in [-0.4, -0.2) is 29.9 Å². The number of likely N-dealkylation sites (tertiary alicyclic amines) is 1. The molecule has 2 rings (SSSR count). The molecule has 1 N–H and O–H groups in total. The van der Waals surface area contributed by atoms with Gasteiger partial charge in [-0.1, -0.05) is 29.8 Å². The fraction of sp³-hybridized carbons (Fsp3) is 0.471. The quantitative estimate of drug-likeness (QED) is 0.817. The first-order chi connectivity index (χ1) is 10.2. The van der Waals surface area contributed by atoms with Gasteiger partial charge in [0, 0.05) is 30.6 Å². The highest BCUT2D eigenvalue weighted by molar-refractivity contribution is 6.30. The number of halogens is 1. The van der Waals surface area contributed by atoms with E-state index in [1.54, 1.807) is 6.08 Å². The summed E-state index contributed by atoms with van der Waals surface area (Å²) in [6, 6.07) is 8.25. The molecule has 21 heavy (non-hydrogen) atoms. The van der Waals surface area contributed by atoms with E-state index in [9.17, 15) is 4.79 Å². The lowest BCUT2D eigenvalue weighted by Crippen LogP contribution is -2.47. The van der Waals surface area contributed by atoms with Crippen molar-refractivity contribution in [1.29, 1.82) is 0 Å². The molecule has 1 unspecified atom stereocenters. The predicted molar refractivity (Wildman–Crippen MR) is 87.3 cm³/mol. The highest BCUT2D eigenvalue weighted by Crippen LogP contribution is 2.16. The summed E-state index contributed by atoms with van der Waals surface area (Å²) in [5, 5.41) is 3.90. The third kappa shape index (κ3) is 5.52. The molecule has 1 heterocycles. The Morgan fingerprint density at radius 3 is 2.90 bits per heavy atom. The molecule has 0 aliphatic carbocycles. The number of hydrogen-bond donors (Lipinski definition) is 1. The van der Waals surface area contributed by atoms with Crippen molar-refractivity contribution in [2.24, 2.45) is 0 Å². The highest BCUT2D eigenvalue weighted by Gasteiger charge is 2.21. The summed E-state index contributed by atoms with van der Waals surface area (Å²) >= 11 is 5.91. The van der Waals surface area contributed by atoms with Gasteiger partial charge in [0.15, 0.2) is 0 Å². The molecule has 0 spiro atoms. The Labute approximate surface area is 132 Å². The maximum Gasteiger partial charge on any atom is 0.220 e. The lowest BCUT2D eigenvalue weighted by Gasteiger charge is -2.33. The van der Waals surface area contributed by atoms with E-state index in [1.165, 1.54) is 5.56 Å². The summed E-state index contributed by atoms with van der Waals surface area (Å²) in [7, 11) is 0. The van der Waals surface area contributed by atoms with Gasteiger partial charge in [0.1, 0.15) is 0 Å². The number of carbonyl (C=O) groups is 1. The summed E-state index contributed by atoms with van der Waals surface area (Å²) in [6.45, 7) is 6.56. The van der Waals surface area contributed by atoms with Gasteiger partial charge in [-0.2, -0.15) is 0 Å². The Bertz CT molecular complexity index is 472. The third-order valence-corrected chi connectivity index (χ3v) is 4.02. The molecule has 1 fully saturated rings. The Morgan fingerprint density at radius 1 is 1.43 bits per heavy atom. The fourth-order valence-electron chi connectivity index (χ4n) is 2.70. The Hall–Kier alpha value is -1.32. The van der Waals surface area contributed by atoms with Crippen molar-refractivity contribution >= 4 is 17.5 Å². The molecule has 1 aliphatic heterocycles. The van der Waals surface area contributed by atoms with Crippen molar-refractivity contribution < 1.29 is 4.79 Å². The van der Waals surface area contributed by atoms with Gasteiger partial charge in [-0.05, 0) is 43.5 Å². The van der Waals surface area contributed by atoms with Gasteiger partial charge in [0.05, 0.1) is 0 Å². The van der Waals surface area contributed by atoms with Crippen LogP contribution in [-0.2, 0) is 11.3 Å². The number of amides is 1. The van der Waals surface area contributed by atoms with Gasteiger partial charge in [0.25, 0.3) is 0 Å². The molecule has 1 aromatic carbocycles. The second-order valence-corrected chi connectivity index (χ2v) is 6.03. The molecular weight excluding hydrogens is 284 g/mol. The van der Waals surface area contributed by atoms with Crippen molar-refractivity contribution in [3.63, 3.8) is 0 Å². The van der Waals surface area contributed by atoms with E-state index in [2.05, 4.69) is 28.9 Å². The van der Waals surface area contributed by atoms with Gasteiger partial charge in [0.2, 0.25) is 5.91 Å². The maximum atomic E-state index is 11.8. The summed E-state index contributed by atoms with van der Waals surface area (Å²) in [5.41, 5.74) is 1.26. The van der Waals surface area contributed by atoms with Crippen molar-refractivity contribution in [1.82, 2.24) is 10.2 Å². The highest BCUT2D eigenvalue weighted by atomic mass is 35.5. The second-order valence-electron chi connectivity index (χ2n) is 5.60. The van der Waals surface area contributed by atoms with E-state index < -0.39 is 0 Å². The van der Waals surface area contributed by atoms with Crippen LogP contribution in [0.15, 0.2) is 36.9 Å². The number of rotatable bonds is 6. The number of carbonyl (C=O) groups excluding carboxylic acids is 1. The molecule has 0 bridgehead atoms. The Balaban J connectivity index is 1.81. The van der Waals surface area contributed by atoms with E-state index in [4.69, 9.17) is 11.6 Å². The number of allylic oxidation sites excluding steroid dienone is 1. The van der Waals surface area contributed by atoms with Crippen molar-refractivity contribution in [3.05, 3.63) is 47.5 Å². The Kier molecular flexibility index (Phi) is 6.27. The van der Waals surface area contributed by atoms with Crippen LogP contribution in [0.25, 0.3) is 0 Å². The minimum Gasteiger partial charge on any atom is -0.352 e. The fourth-order valence-corrected chi connectivity index (χ4v) is 2.82. The first-order valence-electron chi connectivity index (χ1n) is 7.54. The monoisotopic (exact) mass is 306 g/mol. The maximum absolute atomic E-state index is 11.8. The van der Waals surface area contributed by atoms with Gasteiger partial charge >= 0.3 is 0 Å². The minimum atomic E-state index is 0.133. The molecule has 0 aromatic heterocycles. The van der Waals surface area contributed by atoms with Crippen LogP contribution in [0, 0.1) is 0 Å². The molecule has 1 saturated heterocycles. The third-order valence-electron chi connectivity index (χ3n) is 3.77. The van der Waals surface area contributed by atoms with E-state index in [-0.39, 0.29) is 11.9 Å². The molecule has 1 aromatic rings. The lowest BCUT2D eigenvalue weighted by atomic mass is 10.0. The molecule has 0 radical (unpaired) electrons. The number of hydrogen-bond acceptors (Lipinski definition) is 2. The zero-order chi connectivity index (χ0) is 15.1. The summed E-state index contributed by atoms with van der Waals surface area (Å²) < 4.78 is 0. The molecule has 114 valence electrons. The molecule has 0 saturated carbocycles. The van der Waals surface area contributed by atoms with E-state index in [0.717, 1.165) is 43.9 Å². The topological polar surface area (TPSA) is 32.3 Å². The van der Waals surface area contributed by atoms with E-state index in [0.29, 0.717) is 6.42 Å². The molecule has 3 nitrogen and oxygen atoms in total. The number of nitrogens with one attached hydrogen (secondary N) is 1. The zero-order valence-corrected chi connectivity index (χ0v) is 13.1. The first-order valence-corrected chi connectivity index (χ1v) is 7.92. The smallest absolute Gasteiger partial charge is 0.220 e. The van der Waals surface area contributed by atoms with Crippen LogP contribution in [0.4, 0.5) is 0 Å². The second kappa shape index (κ2) is 8.20. The van der Waals surface area contributed by atoms with E-state index >= 15 is 0 Å². The SMILES string of the molecule is C=CCCC(=O)NC1CCCN(Cc2ccc(Cl)cc2)C1. The number of nitrogens with zero attached hydrogens (tertiary/aromatic N) is 1. The average molecular weight is 307 g/mol. The summed E-state index contributed by atoms with van der Waals surface area (Å²) in [4.78, 5) is 14.2. The molecule has 1 atom stereocenters. The number of piperidine rings is 1. The largest absolute Gasteiger partial charge is 0.352 e. The van der Waals surface area contributed by atoms with Crippen LogP contribution < -0.4 is 5.32 Å². The molecule has 1 aliphatic rings. The van der Waals surface area contributed by atoms with Crippen LogP contribution in [0.5, 0.6) is 0 Å². The standard InChI is InChI=1S/C17H23ClN2O/c1-2-3-6-17(21)19-16-5-4-11-20(13-16)12-14-7-9-15(18)10-8-14/h2,7-10,16H,1,3-6,11-13H2,(H,19,21). The van der Waals surface area contributed by atoms with Crippen LogP contribution in [0.2, 0.25) is 5.02 Å². The van der Waals surface area contributed by atoms with Crippen LogP contribution in [0.1, 0.15) is 31.2 Å². The van der Waals surface area contributed by atoms with Gasteiger partial charge in [-0.3, -0.25) is 9.69 Å². The predicted octanol–water partition coefficient (Wildman–Crippen LogP) is 3.39. The summed E-state index contributed by atoms with van der Waals surface area (Å²) in [5.74, 6) is 0.133. The van der Waals surface area contributed by atoms with Gasteiger partial charge in [-0.25, -0.2) is 0 Å². The zero-order valence-electron chi connectivity index (χ0n) is 12.4. The number of benzene rings is 1. The molecule has 4 heteroatoms. The van der Waals surface area contributed by atoms with Crippen molar-refractivity contribution in [2.75, 3.05) is 13.1 Å². The van der Waals surface area contributed by atoms with Crippen LogP contribution >= 0.6 is 11.6 Å². The molecule has 1 amide bonds. The lowest BCUT2D eigenvalue weighted by molar-refractivity contribution is -0.122. The van der Waals surface area contributed by atoms with Gasteiger partial charge in [-0.15, -0.1) is 6.58 Å². The Morgan fingerprint density at radius 2 is 2.19 bits per heavy atom. The normalized spacial score (nSPS) is 19.2. The van der Waals surface area contributed by atoms with Crippen molar-refractivity contribution in [3.8, 4) is 0 Å². The van der Waals surface area contributed by atoms with Gasteiger partial charge < -0.3 is 5.32 Å². The first kappa shape index (κ1) is 16.1. The van der Waals surface area contributed by atoms with E-state index in [1.807, 2.05) is 12.1 Å². The summed E-state index contributed by atoms with van der Waals surface area (Å²) in [6.07, 6.45) is 5.26.